The van der Waals surface area contributed by atoms with Gasteiger partial charge in [0.1, 0.15) is 23.3 Å². The minimum absolute atomic E-state index is 0.0191. The summed E-state index contributed by atoms with van der Waals surface area (Å²) >= 11 is 9.04. The van der Waals surface area contributed by atoms with E-state index in [1.165, 1.54) is 12.1 Å². The Labute approximate surface area is 106 Å². The van der Waals surface area contributed by atoms with Crippen molar-refractivity contribution in [1.29, 1.82) is 0 Å². The van der Waals surface area contributed by atoms with Gasteiger partial charge >= 0.3 is 0 Å². The van der Waals surface area contributed by atoms with E-state index in [0.29, 0.717) is 11.3 Å². The lowest BCUT2D eigenvalue weighted by molar-refractivity contribution is -0.0419. The van der Waals surface area contributed by atoms with Gasteiger partial charge in [0.15, 0.2) is 0 Å². The Morgan fingerprint density at radius 1 is 1.50 bits per heavy atom. The first-order valence-corrected chi connectivity index (χ1v) is 6.12. The van der Waals surface area contributed by atoms with Crippen LogP contribution in [0.1, 0.15) is 24.2 Å². The smallest absolute Gasteiger partial charge is 0.142 e. The third kappa shape index (κ3) is 1.83. The van der Waals surface area contributed by atoms with E-state index in [2.05, 4.69) is 15.9 Å². The number of alkyl halides is 1. The second-order valence-corrected chi connectivity index (χ2v) is 5.75. The first kappa shape index (κ1) is 12.1. The van der Waals surface area contributed by atoms with Gasteiger partial charge in [-0.25, -0.2) is 4.39 Å². The molecule has 0 fully saturated rings. The Morgan fingerprint density at radius 2 is 2.12 bits per heavy atom. The molecule has 16 heavy (non-hydrogen) atoms. The van der Waals surface area contributed by atoms with E-state index >= 15 is 0 Å². The molecule has 88 valence electrons. The fourth-order valence-corrected chi connectivity index (χ4v) is 2.86. The zero-order valence-corrected chi connectivity index (χ0v) is 11.1. The van der Waals surface area contributed by atoms with Crippen LogP contribution in [0.15, 0.2) is 12.1 Å². The van der Waals surface area contributed by atoms with E-state index in [-0.39, 0.29) is 9.85 Å². The van der Waals surface area contributed by atoms with Crippen LogP contribution in [0.25, 0.3) is 0 Å². The predicted molar refractivity (Wildman–Crippen MR) is 63.8 cm³/mol. The molecule has 1 aliphatic heterocycles. The lowest BCUT2D eigenvalue weighted by Gasteiger charge is -2.40. The number of ether oxygens (including phenoxy) is 1. The summed E-state index contributed by atoms with van der Waals surface area (Å²) in [5.74, 6) is -0.0102. The number of rotatable bonds is 0. The molecule has 2 nitrogen and oxygen atoms in total. The van der Waals surface area contributed by atoms with Crippen LogP contribution in [0.5, 0.6) is 5.75 Å². The third-order valence-corrected chi connectivity index (χ3v) is 4.00. The molecule has 5 heteroatoms. The van der Waals surface area contributed by atoms with Crippen molar-refractivity contribution in [2.45, 2.75) is 30.4 Å². The quantitative estimate of drug-likeness (QED) is 0.744. The van der Waals surface area contributed by atoms with Gasteiger partial charge < -0.3 is 9.84 Å². The summed E-state index contributed by atoms with van der Waals surface area (Å²) in [6, 6.07) is 2.73. The summed E-state index contributed by atoms with van der Waals surface area (Å²) in [5, 5.41) is 10.0. The number of halogens is 3. The van der Waals surface area contributed by atoms with Crippen LogP contribution in [-0.4, -0.2) is 16.8 Å². The summed E-state index contributed by atoms with van der Waals surface area (Å²) in [4.78, 5) is -0.363. The summed E-state index contributed by atoms with van der Waals surface area (Å²) in [6.07, 6.45) is -0.749. The molecule has 0 saturated carbocycles. The van der Waals surface area contributed by atoms with E-state index in [1.54, 1.807) is 13.8 Å². The van der Waals surface area contributed by atoms with Crippen LogP contribution in [0.3, 0.4) is 0 Å². The number of benzene rings is 1. The molecule has 0 radical (unpaired) electrons. The van der Waals surface area contributed by atoms with Gasteiger partial charge in [-0.05, 0) is 19.9 Å². The molecule has 1 N–H and O–H groups in total. The van der Waals surface area contributed by atoms with Gasteiger partial charge in [-0.3, -0.25) is 0 Å². The zero-order valence-electron chi connectivity index (χ0n) is 8.80. The van der Waals surface area contributed by atoms with Crippen molar-refractivity contribution in [2.24, 2.45) is 0 Å². The maximum absolute atomic E-state index is 13.3. The second kappa shape index (κ2) is 3.86. The molecule has 0 aromatic heterocycles. The number of aliphatic hydroxyl groups excluding tert-OH is 1. The molecule has 0 unspecified atom stereocenters. The molecule has 2 atom stereocenters. The van der Waals surface area contributed by atoms with E-state index in [0.717, 1.165) is 0 Å². The molecule has 0 aliphatic carbocycles. The van der Waals surface area contributed by atoms with Crippen molar-refractivity contribution >= 4 is 27.5 Å². The Balaban J connectivity index is 2.55. The summed E-state index contributed by atoms with van der Waals surface area (Å²) in [5.41, 5.74) is -0.156. The fourth-order valence-electron chi connectivity index (χ4n) is 1.71. The van der Waals surface area contributed by atoms with Gasteiger partial charge in [0.05, 0.1) is 9.85 Å². The normalized spacial score (nSPS) is 27.1. The Hall–Kier alpha value is -0.320. The summed E-state index contributed by atoms with van der Waals surface area (Å²) in [6.45, 7) is 3.54. The van der Waals surface area contributed by atoms with Crippen molar-refractivity contribution in [1.82, 2.24) is 0 Å². The largest absolute Gasteiger partial charge is 0.485 e. The van der Waals surface area contributed by atoms with Gasteiger partial charge in [0.2, 0.25) is 0 Å². The maximum atomic E-state index is 13.3. The van der Waals surface area contributed by atoms with Crippen LogP contribution in [-0.2, 0) is 0 Å². The number of hydrogen-bond donors (Lipinski definition) is 1. The Morgan fingerprint density at radius 3 is 2.75 bits per heavy atom. The highest BCUT2D eigenvalue weighted by Crippen LogP contribution is 2.45. The predicted octanol–water partition coefficient (Wildman–Crippen LogP) is 3.45. The Kier molecular flexibility index (Phi) is 2.93. The van der Waals surface area contributed by atoms with Crippen LogP contribution < -0.4 is 4.74 Å². The number of hydrogen-bond acceptors (Lipinski definition) is 2. The van der Waals surface area contributed by atoms with Crippen LogP contribution >= 0.6 is 27.5 Å². The second-order valence-electron chi connectivity index (χ2n) is 4.36. The lowest BCUT2D eigenvalue weighted by Crippen LogP contribution is -2.47. The van der Waals surface area contributed by atoms with Gasteiger partial charge in [0.25, 0.3) is 0 Å². The minimum Gasteiger partial charge on any atom is -0.485 e. The number of fused-ring (bicyclic) bond motifs is 1. The topological polar surface area (TPSA) is 29.5 Å². The van der Waals surface area contributed by atoms with Crippen molar-refractivity contribution in [3.05, 3.63) is 28.5 Å². The van der Waals surface area contributed by atoms with Gasteiger partial charge in [-0.2, -0.15) is 0 Å². The molecule has 1 aromatic rings. The molecule has 0 amide bonds. The van der Waals surface area contributed by atoms with Crippen LogP contribution in [0.4, 0.5) is 4.39 Å². The molecular weight excluding hydrogens is 298 g/mol. The highest BCUT2D eigenvalue weighted by Gasteiger charge is 2.42. The van der Waals surface area contributed by atoms with Gasteiger partial charge in [-0.15, -0.1) is 0 Å². The van der Waals surface area contributed by atoms with Crippen LogP contribution in [0, 0.1) is 5.82 Å². The molecule has 1 aliphatic rings. The van der Waals surface area contributed by atoms with Crippen molar-refractivity contribution < 1.29 is 14.2 Å². The first-order valence-electron chi connectivity index (χ1n) is 4.83. The van der Waals surface area contributed by atoms with E-state index in [1.807, 2.05) is 0 Å². The Bertz CT molecular complexity index is 436. The van der Waals surface area contributed by atoms with Gasteiger partial charge in [-0.1, -0.05) is 27.5 Å². The molecular formula is C11H11BrClFO2. The SMILES string of the molecule is CC1(C)Oc2cc(Cl)c(F)cc2[C@H](Br)[C@H]1O. The maximum Gasteiger partial charge on any atom is 0.142 e. The van der Waals surface area contributed by atoms with Crippen molar-refractivity contribution in [2.75, 3.05) is 0 Å². The van der Waals surface area contributed by atoms with Crippen molar-refractivity contribution in [3.8, 4) is 5.75 Å². The van der Waals surface area contributed by atoms with Crippen LogP contribution in [0.2, 0.25) is 5.02 Å². The fraction of sp³-hybridized carbons (Fsp3) is 0.455. The van der Waals surface area contributed by atoms with Crippen molar-refractivity contribution in [3.63, 3.8) is 0 Å². The van der Waals surface area contributed by atoms with Gasteiger partial charge in [0, 0.05) is 11.6 Å². The van der Waals surface area contributed by atoms with E-state index in [9.17, 15) is 9.50 Å². The molecule has 0 bridgehead atoms. The highest BCUT2D eigenvalue weighted by molar-refractivity contribution is 9.09. The first-order chi connectivity index (χ1) is 7.33. The monoisotopic (exact) mass is 308 g/mol. The average molecular weight is 310 g/mol. The lowest BCUT2D eigenvalue weighted by atomic mass is 9.91. The minimum atomic E-state index is -0.749. The molecule has 0 saturated heterocycles. The standard InChI is InChI=1S/C11H11BrClFO2/c1-11(2)10(15)9(12)5-3-7(14)6(13)4-8(5)16-11/h3-4,9-10,15H,1-2H3/t9-,10+/m0/s1. The highest BCUT2D eigenvalue weighted by atomic mass is 79.9. The number of aliphatic hydroxyl groups is 1. The van der Waals surface area contributed by atoms with E-state index < -0.39 is 17.5 Å². The molecule has 2 rings (SSSR count). The zero-order chi connectivity index (χ0) is 12.1. The summed E-state index contributed by atoms with van der Waals surface area (Å²) < 4.78 is 18.9. The van der Waals surface area contributed by atoms with E-state index in [4.69, 9.17) is 16.3 Å². The molecule has 1 heterocycles. The third-order valence-electron chi connectivity index (χ3n) is 2.71. The average Bonchev–Trinajstić information content (AvgIpc) is 2.18. The molecule has 1 aromatic carbocycles. The molecule has 0 spiro atoms. The summed E-state index contributed by atoms with van der Waals surface area (Å²) in [7, 11) is 0.